The summed E-state index contributed by atoms with van der Waals surface area (Å²) >= 11 is 5.53. The first kappa shape index (κ1) is 12.2. The molecule has 0 N–H and O–H groups in total. The molecule has 0 saturated heterocycles. The van der Waals surface area contributed by atoms with Crippen molar-refractivity contribution in [2.75, 3.05) is 0 Å². The van der Waals surface area contributed by atoms with E-state index in [1.807, 2.05) is 44.2 Å². The second-order valence-corrected chi connectivity index (χ2v) is 3.27. The van der Waals surface area contributed by atoms with Crippen LogP contribution in [-0.2, 0) is 10.7 Å². The number of alkyl halides is 1. The van der Waals surface area contributed by atoms with Gasteiger partial charge < -0.3 is 4.79 Å². The quantitative estimate of drug-likeness (QED) is 0.527. The Morgan fingerprint density at radius 2 is 1.77 bits per heavy atom. The van der Waals surface area contributed by atoms with Crippen molar-refractivity contribution in [3.63, 3.8) is 0 Å². The smallest absolute Gasteiger partial charge is 0.122 e. The van der Waals surface area contributed by atoms with Crippen LogP contribution >= 0.6 is 11.6 Å². The molecule has 0 fully saturated rings. The van der Waals surface area contributed by atoms with E-state index >= 15 is 0 Å². The average molecular weight is 199 g/mol. The van der Waals surface area contributed by atoms with Crippen LogP contribution < -0.4 is 0 Å². The molecule has 0 aliphatic carbocycles. The Morgan fingerprint density at radius 1 is 1.31 bits per heavy atom. The fourth-order valence-corrected chi connectivity index (χ4v) is 0.745. The van der Waals surface area contributed by atoms with Gasteiger partial charge in [-0.1, -0.05) is 44.2 Å². The molecule has 72 valence electrons. The summed E-state index contributed by atoms with van der Waals surface area (Å²) in [6.45, 7) is 3.71. The van der Waals surface area contributed by atoms with Gasteiger partial charge in [0.2, 0.25) is 0 Å². The van der Waals surface area contributed by atoms with Crippen molar-refractivity contribution in [1.82, 2.24) is 0 Å². The van der Waals surface area contributed by atoms with Crippen molar-refractivity contribution in [2.24, 2.45) is 5.92 Å². The summed E-state index contributed by atoms with van der Waals surface area (Å²) in [6.07, 6.45) is 0.917. The van der Waals surface area contributed by atoms with Crippen LogP contribution in [0.15, 0.2) is 30.3 Å². The highest BCUT2D eigenvalue weighted by Gasteiger charge is 1.81. The summed E-state index contributed by atoms with van der Waals surface area (Å²) in [5, 5.41) is 0. The predicted octanol–water partition coefficient (Wildman–Crippen LogP) is 3.27. The van der Waals surface area contributed by atoms with Gasteiger partial charge in [-0.2, -0.15) is 0 Å². The molecule has 1 aromatic carbocycles. The zero-order valence-corrected chi connectivity index (χ0v) is 8.79. The van der Waals surface area contributed by atoms with Crippen molar-refractivity contribution in [1.29, 1.82) is 0 Å². The number of halogens is 1. The zero-order valence-electron chi connectivity index (χ0n) is 8.03. The van der Waals surface area contributed by atoms with Crippen LogP contribution in [0.25, 0.3) is 0 Å². The number of hydrogen-bond donors (Lipinski definition) is 0. The molecule has 0 radical (unpaired) electrons. The lowest BCUT2D eigenvalue weighted by atomic mass is 10.2. The van der Waals surface area contributed by atoms with Gasteiger partial charge in [-0.25, -0.2) is 0 Å². The van der Waals surface area contributed by atoms with E-state index in [-0.39, 0.29) is 5.92 Å². The van der Waals surface area contributed by atoms with E-state index in [0.717, 1.165) is 6.29 Å². The van der Waals surface area contributed by atoms with Gasteiger partial charge in [0, 0.05) is 11.8 Å². The van der Waals surface area contributed by atoms with Gasteiger partial charge in [-0.3, -0.25) is 0 Å². The topological polar surface area (TPSA) is 17.1 Å². The molecule has 1 aromatic rings. The number of rotatable bonds is 2. The molecule has 0 aliphatic rings. The molecule has 13 heavy (non-hydrogen) atoms. The van der Waals surface area contributed by atoms with E-state index in [2.05, 4.69) is 0 Å². The molecule has 0 atom stereocenters. The summed E-state index contributed by atoms with van der Waals surface area (Å²) in [5.74, 6) is 0.816. The molecule has 0 spiro atoms. The van der Waals surface area contributed by atoms with Gasteiger partial charge in [0.05, 0.1) is 0 Å². The van der Waals surface area contributed by atoms with Gasteiger partial charge in [0.15, 0.2) is 0 Å². The van der Waals surface area contributed by atoms with Crippen molar-refractivity contribution in [3.05, 3.63) is 35.9 Å². The summed E-state index contributed by atoms with van der Waals surface area (Å²) in [4.78, 5) is 9.50. The average Bonchev–Trinajstić information content (AvgIpc) is 2.20. The van der Waals surface area contributed by atoms with Gasteiger partial charge >= 0.3 is 0 Å². The Kier molecular flexibility index (Phi) is 7.32. The van der Waals surface area contributed by atoms with Gasteiger partial charge in [0.1, 0.15) is 6.29 Å². The Morgan fingerprint density at radius 3 is 2.00 bits per heavy atom. The number of carbonyl (C=O) groups is 1. The number of benzene rings is 1. The van der Waals surface area contributed by atoms with Crippen molar-refractivity contribution >= 4 is 17.9 Å². The van der Waals surface area contributed by atoms with E-state index in [9.17, 15) is 4.79 Å². The maximum atomic E-state index is 9.50. The lowest BCUT2D eigenvalue weighted by molar-refractivity contribution is -0.110. The first-order valence-electron chi connectivity index (χ1n) is 4.26. The SMILES string of the molecule is CC(C)C=O.ClCc1ccccc1. The summed E-state index contributed by atoms with van der Waals surface area (Å²) in [6, 6.07) is 9.96. The summed E-state index contributed by atoms with van der Waals surface area (Å²) in [5.41, 5.74) is 1.18. The predicted molar refractivity (Wildman–Crippen MR) is 56.9 cm³/mol. The minimum Gasteiger partial charge on any atom is -0.303 e. The van der Waals surface area contributed by atoms with Crippen LogP contribution in [0.3, 0.4) is 0 Å². The van der Waals surface area contributed by atoms with Crippen molar-refractivity contribution in [3.8, 4) is 0 Å². The molecule has 0 aromatic heterocycles. The van der Waals surface area contributed by atoms with Crippen LogP contribution in [0.1, 0.15) is 19.4 Å². The number of aldehydes is 1. The fraction of sp³-hybridized carbons (Fsp3) is 0.364. The number of hydrogen-bond acceptors (Lipinski definition) is 1. The monoisotopic (exact) mass is 198 g/mol. The van der Waals surface area contributed by atoms with Gasteiger partial charge in [-0.05, 0) is 5.56 Å². The molecule has 1 nitrogen and oxygen atoms in total. The highest BCUT2D eigenvalue weighted by molar-refractivity contribution is 6.17. The van der Waals surface area contributed by atoms with Crippen LogP contribution in [0, 0.1) is 5.92 Å². The van der Waals surface area contributed by atoms with Crippen LogP contribution in [-0.4, -0.2) is 6.29 Å². The molecule has 1 rings (SSSR count). The first-order chi connectivity index (χ1) is 6.20. The van der Waals surface area contributed by atoms with E-state index < -0.39 is 0 Å². The molecule has 0 bridgehead atoms. The molecule has 0 amide bonds. The Balaban J connectivity index is 0.000000252. The molecule has 2 heteroatoms. The molecule has 0 heterocycles. The Hall–Kier alpha value is -0.820. The van der Waals surface area contributed by atoms with Crippen LogP contribution in [0.5, 0.6) is 0 Å². The third kappa shape index (κ3) is 7.54. The third-order valence-corrected chi connectivity index (χ3v) is 1.58. The standard InChI is InChI=1S/C7H7Cl.C4H8O/c8-6-7-4-2-1-3-5-7;1-4(2)3-5/h1-5H,6H2;3-4H,1-2H3. The summed E-state index contributed by atoms with van der Waals surface area (Å²) in [7, 11) is 0. The lowest BCUT2D eigenvalue weighted by Crippen LogP contribution is -1.82. The molecular weight excluding hydrogens is 184 g/mol. The van der Waals surface area contributed by atoms with Crippen LogP contribution in [0.2, 0.25) is 0 Å². The highest BCUT2D eigenvalue weighted by Crippen LogP contribution is 2.00. The van der Waals surface area contributed by atoms with E-state index in [1.165, 1.54) is 5.56 Å². The van der Waals surface area contributed by atoms with E-state index in [4.69, 9.17) is 11.6 Å². The second kappa shape index (κ2) is 7.81. The minimum absolute atomic E-state index is 0.204. The van der Waals surface area contributed by atoms with E-state index in [0.29, 0.717) is 5.88 Å². The van der Waals surface area contributed by atoms with Gasteiger partial charge in [-0.15, -0.1) is 11.6 Å². The Bertz CT molecular complexity index is 219. The first-order valence-corrected chi connectivity index (χ1v) is 4.79. The van der Waals surface area contributed by atoms with Crippen molar-refractivity contribution < 1.29 is 4.79 Å². The van der Waals surface area contributed by atoms with Crippen LogP contribution in [0.4, 0.5) is 0 Å². The van der Waals surface area contributed by atoms with Crippen molar-refractivity contribution in [2.45, 2.75) is 19.7 Å². The molecular formula is C11H15ClO. The molecule has 0 aliphatic heterocycles. The molecule has 0 unspecified atom stereocenters. The highest BCUT2D eigenvalue weighted by atomic mass is 35.5. The lowest BCUT2D eigenvalue weighted by Gasteiger charge is -1.88. The molecule has 0 saturated carbocycles. The van der Waals surface area contributed by atoms with Gasteiger partial charge in [0.25, 0.3) is 0 Å². The van der Waals surface area contributed by atoms with E-state index in [1.54, 1.807) is 0 Å². The third-order valence-electron chi connectivity index (χ3n) is 1.27. The minimum atomic E-state index is 0.204. The number of carbonyl (C=O) groups excluding carboxylic acids is 1. The largest absolute Gasteiger partial charge is 0.303 e. The maximum Gasteiger partial charge on any atom is 0.122 e. The zero-order chi connectivity index (χ0) is 10.1. The summed E-state index contributed by atoms with van der Waals surface area (Å²) < 4.78 is 0. The fourth-order valence-electron chi connectivity index (χ4n) is 0.567. The second-order valence-electron chi connectivity index (χ2n) is 3.00. The maximum absolute atomic E-state index is 9.50. The normalized spacial score (nSPS) is 8.92. The Labute approximate surface area is 84.7 Å².